The SMILES string of the molecule is CC(C)CC1CC1(C)CC(C)C=O. The third-order valence-corrected chi connectivity index (χ3v) is 3.31. The standard InChI is InChI=1S/C12H22O/c1-9(2)5-11-7-12(11,4)6-10(3)8-13/h8-11H,5-7H2,1-4H3. The quantitative estimate of drug-likeness (QED) is 0.596. The molecule has 1 nitrogen and oxygen atoms in total. The van der Waals surface area contributed by atoms with Gasteiger partial charge in [-0.3, -0.25) is 0 Å². The van der Waals surface area contributed by atoms with E-state index in [-0.39, 0.29) is 5.92 Å². The average Bonchev–Trinajstić information content (AvgIpc) is 2.59. The second kappa shape index (κ2) is 3.81. The van der Waals surface area contributed by atoms with Crippen LogP contribution in [0.3, 0.4) is 0 Å². The normalized spacial score (nSPS) is 34.7. The van der Waals surface area contributed by atoms with Gasteiger partial charge in [-0.2, -0.15) is 0 Å². The monoisotopic (exact) mass is 182 g/mol. The summed E-state index contributed by atoms with van der Waals surface area (Å²) in [6, 6.07) is 0. The van der Waals surface area contributed by atoms with Gasteiger partial charge in [0.25, 0.3) is 0 Å². The topological polar surface area (TPSA) is 17.1 Å². The van der Waals surface area contributed by atoms with Crippen molar-refractivity contribution in [2.75, 3.05) is 0 Å². The van der Waals surface area contributed by atoms with E-state index in [1.54, 1.807) is 0 Å². The number of hydrogen-bond donors (Lipinski definition) is 0. The van der Waals surface area contributed by atoms with Crippen LogP contribution in [-0.2, 0) is 4.79 Å². The third-order valence-electron chi connectivity index (χ3n) is 3.31. The van der Waals surface area contributed by atoms with Crippen LogP contribution in [0.5, 0.6) is 0 Å². The maximum absolute atomic E-state index is 10.5. The molecule has 0 N–H and O–H groups in total. The van der Waals surface area contributed by atoms with Gasteiger partial charge in [-0.05, 0) is 36.5 Å². The molecule has 76 valence electrons. The van der Waals surface area contributed by atoms with Crippen LogP contribution in [0, 0.1) is 23.2 Å². The molecular formula is C12H22O. The molecule has 0 saturated heterocycles. The van der Waals surface area contributed by atoms with Gasteiger partial charge in [-0.1, -0.05) is 27.7 Å². The van der Waals surface area contributed by atoms with E-state index in [0.29, 0.717) is 5.41 Å². The van der Waals surface area contributed by atoms with Gasteiger partial charge in [0.1, 0.15) is 6.29 Å². The van der Waals surface area contributed by atoms with Gasteiger partial charge in [-0.15, -0.1) is 0 Å². The van der Waals surface area contributed by atoms with Crippen molar-refractivity contribution in [1.29, 1.82) is 0 Å². The Labute approximate surface area is 81.9 Å². The zero-order valence-corrected chi connectivity index (χ0v) is 9.34. The minimum atomic E-state index is 0.252. The van der Waals surface area contributed by atoms with Gasteiger partial charge >= 0.3 is 0 Å². The zero-order valence-electron chi connectivity index (χ0n) is 9.34. The molecule has 0 aliphatic heterocycles. The fourth-order valence-electron chi connectivity index (χ4n) is 2.47. The van der Waals surface area contributed by atoms with Crippen LogP contribution >= 0.6 is 0 Å². The summed E-state index contributed by atoms with van der Waals surface area (Å²) in [5.41, 5.74) is 0.491. The molecule has 1 heteroatoms. The van der Waals surface area contributed by atoms with Crippen LogP contribution in [-0.4, -0.2) is 6.29 Å². The van der Waals surface area contributed by atoms with E-state index in [0.717, 1.165) is 24.5 Å². The second-order valence-electron chi connectivity index (χ2n) is 5.50. The van der Waals surface area contributed by atoms with Crippen LogP contribution in [0.1, 0.15) is 47.0 Å². The van der Waals surface area contributed by atoms with Crippen molar-refractivity contribution >= 4 is 6.29 Å². The molecule has 0 amide bonds. The fraction of sp³-hybridized carbons (Fsp3) is 0.917. The first kappa shape index (κ1) is 10.7. The summed E-state index contributed by atoms with van der Waals surface area (Å²) in [7, 11) is 0. The molecule has 13 heavy (non-hydrogen) atoms. The maximum Gasteiger partial charge on any atom is 0.122 e. The number of rotatable bonds is 5. The second-order valence-corrected chi connectivity index (χ2v) is 5.50. The predicted molar refractivity (Wildman–Crippen MR) is 55.5 cm³/mol. The molecule has 0 bridgehead atoms. The van der Waals surface area contributed by atoms with Crippen LogP contribution in [0.4, 0.5) is 0 Å². The van der Waals surface area contributed by atoms with E-state index in [9.17, 15) is 4.79 Å². The Kier molecular flexibility index (Phi) is 3.15. The molecule has 0 heterocycles. The van der Waals surface area contributed by atoms with E-state index in [1.165, 1.54) is 12.8 Å². The molecule has 0 aromatic carbocycles. The number of carbonyl (C=O) groups is 1. The molecule has 3 atom stereocenters. The van der Waals surface area contributed by atoms with E-state index < -0.39 is 0 Å². The van der Waals surface area contributed by atoms with E-state index in [4.69, 9.17) is 0 Å². The van der Waals surface area contributed by atoms with Crippen molar-refractivity contribution in [2.24, 2.45) is 23.2 Å². The third kappa shape index (κ3) is 2.82. The highest BCUT2D eigenvalue weighted by atomic mass is 16.1. The molecule has 1 aliphatic rings. The lowest BCUT2D eigenvalue weighted by Crippen LogP contribution is -2.07. The van der Waals surface area contributed by atoms with E-state index in [2.05, 4.69) is 20.8 Å². The molecule has 1 saturated carbocycles. The molecule has 0 aromatic rings. The maximum atomic E-state index is 10.5. The Morgan fingerprint density at radius 3 is 2.54 bits per heavy atom. The van der Waals surface area contributed by atoms with Crippen LogP contribution in [0.2, 0.25) is 0 Å². The first-order chi connectivity index (χ1) is 5.98. The first-order valence-electron chi connectivity index (χ1n) is 5.43. The smallest absolute Gasteiger partial charge is 0.122 e. The van der Waals surface area contributed by atoms with Gasteiger partial charge in [0, 0.05) is 5.92 Å². The first-order valence-corrected chi connectivity index (χ1v) is 5.43. The molecule has 0 spiro atoms. The Morgan fingerprint density at radius 2 is 2.08 bits per heavy atom. The van der Waals surface area contributed by atoms with Crippen molar-refractivity contribution in [2.45, 2.75) is 47.0 Å². The Balaban J connectivity index is 2.32. The lowest BCUT2D eigenvalue weighted by Gasteiger charge is -2.14. The highest BCUT2D eigenvalue weighted by molar-refractivity contribution is 5.53. The fourth-order valence-corrected chi connectivity index (χ4v) is 2.47. The number of aldehydes is 1. The Morgan fingerprint density at radius 1 is 1.46 bits per heavy atom. The van der Waals surface area contributed by atoms with Crippen molar-refractivity contribution in [3.63, 3.8) is 0 Å². The van der Waals surface area contributed by atoms with Gasteiger partial charge < -0.3 is 4.79 Å². The lowest BCUT2D eigenvalue weighted by atomic mass is 9.91. The zero-order chi connectivity index (χ0) is 10.1. The summed E-state index contributed by atoms with van der Waals surface area (Å²) < 4.78 is 0. The number of hydrogen-bond acceptors (Lipinski definition) is 1. The van der Waals surface area contributed by atoms with Gasteiger partial charge in [0.15, 0.2) is 0 Å². The van der Waals surface area contributed by atoms with Gasteiger partial charge in [-0.25, -0.2) is 0 Å². The molecule has 1 aliphatic carbocycles. The van der Waals surface area contributed by atoms with Gasteiger partial charge in [0.2, 0.25) is 0 Å². The lowest BCUT2D eigenvalue weighted by molar-refractivity contribution is -0.111. The van der Waals surface area contributed by atoms with Crippen molar-refractivity contribution in [1.82, 2.24) is 0 Å². The molecule has 1 rings (SSSR count). The van der Waals surface area contributed by atoms with Gasteiger partial charge in [0.05, 0.1) is 0 Å². The minimum absolute atomic E-state index is 0.252. The molecule has 0 radical (unpaired) electrons. The van der Waals surface area contributed by atoms with Crippen molar-refractivity contribution in [3.05, 3.63) is 0 Å². The predicted octanol–water partition coefficient (Wildman–Crippen LogP) is 3.28. The van der Waals surface area contributed by atoms with Crippen LogP contribution < -0.4 is 0 Å². The summed E-state index contributed by atoms with van der Waals surface area (Å²) >= 11 is 0. The van der Waals surface area contributed by atoms with E-state index in [1.807, 2.05) is 6.92 Å². The molecular weight excluding hydrogens is 160 g/mol. The highest BCUT2D eigenvalue weighted by Gasteiger charge is 2.49. The largest absolute Gasteiger partial charge is 0.303 e. The van der Waals surface area contributed by atoms with Crippen LogP contribution in [0.15, 0.2) is 0 Å². The summed E-state index contributed by atoms with van der Waals surface area (Å²) in [6.45, 7) is 8.92. The Bertz CT molecular complexity index is 186. The highest BCUT2D eigenvalue weighted by Crippen LogP contribution is 2.58. The van der Waals surface area contributed by atoms with Crippen LogP contribution in [0.25, 0.3) is 0 Å². The molecule has 3 unspecified atom stereocenters. The summed E-state index contributed by atoms with van der Waals surface area (Å²) in [6.07, 6.45) is 4.86. The molecule has 0 aromatic heterocycles. The molecule has 1 fully saturated rings. The summed E-state index contributed by atoms with van der Waals surface area (Å²) in [5, 5.41) is 0. The average molecular weight is 182 g/mol. The summed E-state index contributed by atoms with van der Waals surface area (Å²) in [4.78, 5) is 10.5. The van der Waals surface area contributed by atoms with Crippen molar-refractivity contribution in [3.8, 4) is 0 Å². The van der Waals surface area contributed by atoms with Crippen molar-refractivity contribution < 1.29 is 4.79 Å². The summed E-state index contributed by atoms with van der Waals surface area (Å²) in [5.74, 6) is 1.94. The minimum Gasteiger partial charge on any atom is -0.303 e. The number of carbonyl (C=O) groups excluding carboxylic acids is 1. The van der Waals surface area contributed by atoms with E-state index >= 15 is 0 Å². The Hall–Kier alpha value is -0.330.